The molecule has 3 atom stereocenters. The average molecular weight is 187 g/mol. The number of aliphatic hydroxyl groups is 2. The Bertz CT molecular complexity index is 142. The van der Waals surface area contributed by atoms with Crippen molar-refractivity contribution in [1.29, 1.82) is 0 Å². The summed E-state index contributed by atoms with van der Waals surface area (Å²) < 4.78 is 0. The second kappa shape index (κ2) is 4.94. The number of hydrogen-bond acceptors (Lipinski definition) is 3. The van der Waals surface area contributed by atoms with Crippen LogP contribution in [0.15, 0.2) is 0 Å². The Labute approximate surface area is 80.4 Å². The van der Waals surface area contributed by atoms with E-state index in [0.717, 1.165) is 6.54 Å². The molecule has 2 N–H and O–H groups in total. The summed E-state index contributed by atoms with van der Waals surface area (Å²) in [5, 5.41) is 18.6. The molecule has 78 valence electrons. The first-order chi connectivity index (χ1) is 6.13. The quantitative estimate of drug-likeness (QED) is 0.672. The predicted octanol–water partition coefficient (Wildman–Crippen LogP) is 0.460. The van der Waals surface area contributed by atoms with Gasteiger partial charge in [0.2, 0.25) is 0 Å². The average Bonchev–Trinajstić information content (AvgIpc) is 2.31. The van der Waals surface area contributed by atoms with Crippen LogP contribution in [0.3, 0.4) is 0 Å². The zero-order chi connectivity index (χ0) is 9.84. The summed E-state index contributed by atoms with van der Waals surface area (Å²) in [6.07, 6.45) is 1.37. The normalized spacial score (nSPS) is 32.3. The second-order valence-electron chi connectivity index (χ2n) is 4.25. The fourth-order valence-corrected chi connectivity index (χ4v) is 2.02. The molecule has 3 nitrogen and oxygen atoms in total. The smallest absolute Gasteiger partial charge is 0.0938 e. The molecule has 0 aromatic carbocycles. The van der Waals surface area contributed by atoms with E-state index in [1.807, 2.05) is 0 Å². The van der Waals surface area contributed by atoms with E-state index in [2.05, 4.69) is 18.7 Å². The molecule has 0 radical (unpaired) electrons. The van der Waals surface area contributed by atoms with Gasteiger partial charge in [-0.3, -0.25) is 4.90 Å². The van der Waals surface area contributed by atoms with Crippen LogP contribution in [0, 0.1) is 5.92 Å². The Balaban J connectivity index is 2.23. The molecule has 1 fully saturated rings. The fraction of sp³-hybridized carbons (Fsp3) is 1.00. The van der Waals surface area contributed by atoms with Gasteiger partial charge in [-0.1, -0.05) is 20.3 Å². The summed E-state index contributed by atoms with van der Waals surface area (Å²) in [5.41, 5.74) is 0. The molecule has 0 aliphatic carbocycles. The predicted molar refractivity (Wildman–Crippen MR) is 52.5 cm³/mol. The van der Waals surface area contributed by atoms with Crippen molar-refractivity contribution in [3.63, 3.8) is 0 Å². The lowest BCUT2D eigenvalue weighted by molar-refractivity contribution is 0.0572. The molecule has 1 saturated heterocycles. The summed E-state index contributed by atoms with van der Waals surface area (Å²) in [7, 11) is 0. The van der Waals surface area contributed by atoms with Crippen molar-refractivity contribution in [2.75, 3.05) is 19.6 Å². The molecule has 1 unspecified atom stereocenters. The zero-order valence-corrected chi connectivity index (χ0v) is 8.61. The Hall–Kier alpha value is -0.120. The molecule has 1 aliphatic rings. The minimum Gasteiger partial charge on any atom is -0.389 e. The molecule has 0 spiro atoms. The van der Waals surface area contributed by atoms with Crippen molar-refractivity contribution in [2.45, 2.75) is 38.9 Å². The van der Waals surface area contributed by atoms with Gasteiger partial charge in [-0.2, -0.15) is 0 Å². The second-order valence-corrected chi connectivity index (χ2v) is 4.25. The minimum atomic E-state index is -0.533. The zero-order valence-electron chi connectivity index (χ0n) is 8.61. The number of rotatable bonds is 4. The highest BCUT2D eigenvalue weighted by molar-refractivity contribution is 4.83. The molecule has 1 heterocycles. The van der Waals surface area contributed by atoms with Gasteiger partial charge >= 0.3 is 0 Å². The molecule has 13 heavy (non-hydrogen) atoms. The first-order valence-corrected chi connectivity index (χ1v) is 5.22. The SMILES string of the molecule is CCCC(C)CN1C[C@@H](O)[C@@H](O)C1. The fourth-order valence-electron chi connectivity index (χ4n) is 2.02. The van der Waals surface area contributed by atoms with E-state index in [1.54, 1.807) is 0 Å². The molecule has 0 aromatic heterocycles. The molecule has 0 aromatic rings. The third-order valence-corrected chi connectivity index (χ3v) is 2.69. The van der Waals surface area contributed by atoms with Crippen molar-refractivity contribution in [2.24, 2.45) is 5.92 Å². The lowest BCUT2D eigenvalue weighted by atomic mass is 10.1. The van der Waals surface area contributed by atoms with Crippen LogP contribution in [0.1, 0.15) is 26.7 Å². The van der Waals surface area contributed by atoms with E-state index in [9.17, 15) is 10.2 Å². The highest BCUT2D eigenvalue weighted by atomic mass is 16.3. The third-order valence-electron chi connectivity index (χ3n) is 2.69. The lowest BCUT2D eigenvalue weighted by Crippen LogP contribution is -2.27. The van der Waals surface area contributed by atoms with E-state index in [1.165, 1.54) is 12.8 Å². The first-order valence-electron chi connectivity index (χ1n) is 5.22. The van der Waals surface area contributed by atoms with Crippen LogP contribution < -0.4 is 0 Å². The van der Waals surface area contributed by atoms with Gasteiger partial charge in [0.25, 0.3) is 0 Å². The third kappa shape index (κ3) is 3.25. The molecule has 0 amide bonds. The van der Waals surface area contributed by atoms with Gasteiger partial charge in [-0.15, -0.1) is 0 Å². The molecule has 0 bridgehead atoms. The van der Waals surface area contributed by atoms with Gasteiger partial charge in [0.05, 0.1) is 12.2 Å². The van der Waals surface area contributed by atoms with E-state index in [0.29, 0.717) is 19.0 Å². The molecule has 1 rings (SSSR count). The largest absolute Gasteiger partial charge is 0.389 e. The van der Waals surface area contributed by atoms with Gasteiger partial charge in [0.15, 0.2) is 0 Å². The highest BCUT2D eigenvalue weighted by Crippen LogP contribution is 2.14. The standard InChI is InChI=1S/C10H21NO2/c1-3-4-8(2)5-11-6-9(12)10(13)7-11/h8-10,12-13H,3-7H2,1-2H3/t8?,9-,10+. The summed E-state index contributed by atoms with van der Waals surface area (Å²) in [6.45, 7) is 6.68. The number of likely N-dealkylation sites (tertiary alicyclic amines) is 1. The van der Waals surface area contributed by atoms with E-state index < -0.39 is 12.2 Å². The maximum atomic E-state index is 9.32. The summed E-state index contributed by atoms with van der Waals surface area (Å²) in [5.74, 6) is 0.669. The van der Waals surface area contributed by atoms with Gasteiger partial charge < -0.3 is 10.2 Å². The van der Waals surface area contributed by atoms with E-state index in [4.69, 9.17) is 0 Å². The molecule has 3 heteroatoms. The van der Waals surface area contributed by atoms with Gasteiger partial charge in [-0.25, -0.2) is 0 Å². The summed E-state index contributed by atoms with van der Waals surface area (Å²) >= 11 is 0. The van der Waals surface area contributed by atoms with Crippen LogP contribution in [0.5, 0.6) is 0 Å². The minimum absolute atomic E-state index is 0.533. The Morgan fingerprint density at radius 1 is 1.31 bits per heavy atom. The van der Waals surface area contributed by atoms with Crippen LogP contribution in [0.4, 0.5) is 0 Å². The summed E-state index contributed by atoms with van der Waals surface area (Å²) in [4.78, 5) is 2.15. The van der Waals surface area contributed by atoms with Crippen molar-refractivity contribution in [1.82, 2.24) is 4.90 Å². The molecular formula is C10H21NO2. The van der Waals surface area contributed by atoms with Gasteiger partial charge in [0.1, 0.15) is 0 Å². The highest BCUT2D eigenvalue weighted by Gasteiger charge is 2.29. The maximum Gasteiger partial charge on any atom is 0.0938 e. The lowest BCUT2D eigenvalue weighted by Gasteiger charge is -2.19. The number of hydrogen-bond donors (Lipinski definition) is 2. The molecular weight excluding hydrogens is 166 g/mol. The van der Waals surface area contributed by atoms with Crippen LogP contribution in [0.2, 0.25) is 0 Å². The monoisotopic (exact) mass is 187 g/mol. The van der Waals surface area contributed by atoms with Crippen LogP contribution in [0.25, 0.3) is 0 Å². The van der Waals surface area contributed by atoms with Crippen molar-refractivity contribution in [3.8, 4) is 0 Å². The number of nitrogens with zero attached hydrogens (tertiary/aromatic N) is 1. The van der Waals surface area contributed by atoms with Gasteiger partial charge in [-0.05, 0) is 12.3 Å². The molecule has 0 saturated carbocycles. The van der Waals surface area contributed by atoms with Crippen LogP contribution in [-0.4, -0.2) is 47.0 Å². The van der Waals surface area contributed by atoms with Crippen LogP contribution in [-0.2, 0) is 0 Å². The van der Waals surface area contributed by atoms with Crippen molar-refractivity contribution in [3.05, 3.63) is 0 Å². The van der Waals surface area contributed by atoms with Crippen LogP contribution >= 0.6 is 0 Å². The number of β-amino-alcohol motifs (C(OH)–C–C–N with tert-alkyl or cyclic N) is 2. The van der Waals surface area contributed by atoms with E-state index >= 15 is 0 Å². The summed E-state index contributed by atoms with van der Waals surface area (Å²) in [6, 6.07) is 0. The van der Waals surface area contributed by atoms with Crippen molar-refractivity contribution < 1.29 is 10.2 Å². The van der Waals surface area contributed by atoms with Crippen molar-refractivity contribution >= 4 is 0 Å². The topological polar surface area (TPSA) is 43.7 Å². The van der Waals surface area contributed by atoms with E-state index in [-0.39, 0.29) is 0 Å². The Morgan fingerprint density at radius 2 is 1.85 bits per heavy atom. The Kier molecular flexibility index (Phi) is 4.16. The van der Waals surface area contributed by atoms with Gasteiger partial charge in [0, 0.05) is 19.6 Å². The maximum absolute atomic E-state index is 9.32. The first kappa shape index (κ1) is 11.0. The Morgan fingerprint density at radius 3 is 2.31 bits per heavy atom. The number of aliphatic hydroxyl groups excluding tert-OH is 2. The molecule has 1 aliphatic heterocycles.